The molecule has 34 heavy (non-hydrogen) atoms. The van der Waals surface area contributed by atoms with Gasteiger partial charge in [0.15, 0.2) is 5.60 Å². The fourth-order valence-electron chi connectivity index (χ4n) is 3.62. The van der Waals surface area contributed by atoms with Crippen LogP contribution in [-0.4, -0.2) is 57.1 Å². The van der Waals surface area contributed by atoms with Crippen molar-refractivity contribution >= 4 is 34.3 Å². The first-order valence-electron chi connectivity index (χ1n) is 10.4. The highest BCUT2D eigenvalue weighted by molar-refractivity contribution is 6.18. The van der Waals surface area contributed by atoms with E-state index >= 15 is 0 Å². The molecule has 1 heterocycles. The van der Waals surface area contributed by atoms with Crippen LogP contribution in [0.4, 0.5) is 0 Å². The van der Waals surface area contributed by atoms with Gasteiger partial charge in [-0.3, -0.25) is 0 Å². The Morgan fingerprint density at radius 1 is 1.18 bits per heavy atom. The van der Waals surface area contributed by atoms with E-state index in [1.54, 1.807) is 20.2 Å². The molecular weight excluding hydrogens is 460 g/mol. The molecule has 1 aliphatic carbocycles. The number of carbonyl (C=O) groups is 2. The van der Waals surface area contributed by atoms with Crippen LogP contribution in [0.5, 0.6) is 5.75 Å². The fourth-order valence-corrected chi connectivity index (χ4v) is 3.70. The Bertz CT molecular complexity index is 1240. The number of carboxylic acid groups (broad SMARTS) is 2. The van der Waals surface area contributed by atoms with Gasteiger partial charge in [-0.05, 0) is 60.2 Å². The van der Waals surface area contributed by atoms with Crippen LogP contribution >= 0.6 is 11.6 Å². The smallest absolute Gasteiger partial charge is 0.340 e. The number of alkyl halides is 1. The SMILES string of the molecule is CC1=CC(OCCCl)(C(=O)O)CC(C(=O)O)=C1.COc1ccc2cc(-n3cccn3)ccc2c1. The largest absolute Gasteiger partial charge is 0.497 e. The lowest BCUT2D eigenvalue weighted by atomic mass is 9.86. The second-order valence-electron chi connectivity index (χ2n) is 7.62. The van der Waals surface area contributed by atoms with E-state index in [0.29, 0.717) is 5.57 Å². The summed E-state index contributed by atoms with van der Waals surface area (Å²) in [5, 5.41) is 24.7. The number of methoxy groups -OCH3 is 1. The molecule has 8 nitrogen and oxygen atoms in total. The number of hydrogen-bond donors (Lipinski definition) is 2. The zero-order valence-electron chi connectivity index (χ0n) is 18.8. The predicted molar refractivity (Wildman–Crippen MR) is 129 cm³/mol. The lowest BCUT2D eigenvalue weighted by Gasteiger charge is -2.29. The molecule has 1 aromatic heterocycles. The van der Waals surface area contributed by atoms with E-state index in [0.717, 1.165) is 11.4 Å². The molecule has 1 atom stereocenters. The van der Waals surface area contributed by atoms with Gasteiger partial charge in [-0.1, -0.05) is 17.7 Å². The summed E-state index contributed by atoms with van der Waals surface area (Å²) in [7, 11) is 1.68. The molecule has 2 N–H and O–H groups in total. The van der Waals surface area contributed by atoms with E-state index < -0.39 is 17.5 Å². The third-order valence-electron chi connectivity index (χ3n) is 5.19. The van der Waals surface area contributed by atoms with Crippen LogP contribution in [0.3, 0.4) is 0 Å². The molecule has 4 rings (SSSR count). The number of aliphatic carboxylic acids is 2. The number of carboxylic acids is 2. The van der Waals surface area contributed by atoms with Gasteiger partial charge in [0.25, 0.3) is 0 Å². The highest BCUT2D eigenvalue weighted by atomic mass is 35.5. The van der Waals surface area contributed by atoms with Gasteiger partial charge in [0.05, 0.1) is 19.4 Å². The maximum Gasteiger partial charge on any atom is 0.340 e. The normalized spacial score (nSPS) is 17.3. The maximum atomic E-state index is 11.3. The van der Waals surface area contributed by atoms with E-state index in [9.17, 15) is 14.7 Å². The molecule has 178 valence electrons. The molecule has 0 saturated heterocycles. The van der Waals surface area contributed by atoms with Crippen LogP contribution in [0.2, 0.25) is 0 Å². The van der Waals surface area contributed by atoms with Crippen molar-refractivity contribution in [3.8, 4) is 11.4 Å². The minimum atomic E-state index is -1.62. The Hall–Kier alpha value is -3.62. The lowest BCUT2D eigenvalue weighted by molar-refractivity contribution is -0.159. The number of aromatic nitrogens is 2. The number of nitrogens with zero attached hydrogens (tertiary/aromatic N) is 2. The molecule has 1 aliphatic rings. The Morgan fingerprint density at radius 2 is 1.91 bits per heavy atom. The number of benzene rings is 2. The lowest BCUT2D eigenvalue weighted by Crippen LogP contribution is -2.43. The number of allylic oxidation sites excluding steroid dienone is 2. The molecule has 9 heteroatoms. The molecule has 0 saturated carbocycles. The summed E-state index contributed by atoms with van der Waals surface area (Å²) in [6.07, 6.45) is 6.36. The first-order chi connectivity index (χ1) is 16.3. The first-order valence-corrected chi connectivity index (χ1v) is 11.0. The minimum absolute atomic E-state index is 0.0157. The van der Waals surface area contributed by atoms with Gasteiger partial charge in [-0.15, -0.1) is 11.6 Å². The second-order valence-corrected chi connectivity index (χ2v) is 8.00. The summed E-state index contributed by atoms with van der Waals surface area (Å²) >= 11 is 5.45. The van der Waals surface area contributed by atoms with Crippen LogP contribution in [0.15, 0.2) is 78.2 Å². The van der Waals surface area contributed by atoms with Crippen LogP contribution in [-0.2, 0) is 14.3 Å². The van der Waals surface area contributed by atoms with Crippen molar-refractivity contribution in [3.05, 3.63) is 78.2 Å². The summed E-state index contributed by atoms with van der Waals surface area (Å²) in [4.78, 5) is 22.2. The van der Waals surface area contributed by atoms with Crippen molar-refractivity contribution in [1.29, 1.82) is 0 Å². The van der Waals surface area contributed by atoms with Crippen molar-refractivity contribution in [1.82, 2.24) is 9.78 Å². The standard InChI is InChI=1S/C14H12N2O.C11H13ClO5/c1-17-14-6-4-11-9-13(5-3-12(11)10-14)16-8-2-7-15-16;1-7-4-8(9(13)14)6-11(5-7,10(15)16)17-3-2-12/h2-10H,1H3;4-5H,2-3,6H2,1H3,(H,13,14)(H,15,16). The van der Waals surface area contributed by atoms with E-state index in [-0.39, 0.29) is 24.5 Å². The van der Waals surface area contributed by atoms with Crippen molar-refractivity contribution in [3.63, 3.8) is 0 Å². The Kier molecular flexibility index (Phi) is 8.09. The van der Waals surface area contributed by atoms with Crippen molar-refractivity contribution < 1.29 is 29.3 Å². The summed E-state index contributed by atoms with van der Waals surface area (Å²) < 4.78 is 12.3. The molecule has 3 aromatic rings. The molecule has 1 unspecified atom stereocenters. The second kappa shape index (κ2) is 11.0. The molecule has 0 spiro atoms. The quantitative estimate of drug-likeness (QED) is 0.476. The summed E-state index contributed by atoms with van der Waals surface area (Å²) in [6.45, 7) is 1.67. The van der Waals surface area contributed by atoms with Crippen molar-refractivity contribution in [2.75, 3.05) is 19.6 Å². The molecule has 0 fully saturated rings. The van der Waals surface area contributed by atoms with E-state index in [1.807, 2.05) is 29.1 Å². The van der Waals surface area contributed by atoms with Gasteiger partial charge in [0.1, 0.15) is 5.75 Å². The highest BCUT2D eigenvalue weighted by Crippen LogP contribution is 2.30. The third kappa shape index (κ3) is 5.84. The minimum Gasteiger partial charge on any atom is -0.497 e. The summed E-state index contributed by atoms with van der Waals surface area (Å²) in [5.41, 5.74) is 0.00168. The Balaban J connectivity index is 0.000000191. The van der Waals surface area contributed by atoms with E-state index in [4.69, 9.17) is 26.2 Å². The van der Waals surface area contributed by atoms with Gasteiger partial charge >= 0.3 is 11.9 Å². The van der Waals surface area contributed by atoms with Crippen LogP contribution in [0.25, 0.3) is 16.5 Å². The Morgan fingerprint density at radius 3 is 2.53 bits per heavy atom. The van der Waals surface area contributed by atoms with Crippen LogP contribution < -0.4 is 4.74 Å². The average Bonchev–Trinajstić information content (AvgIpc) is 3.37. The molecule has 2 aromatic carbocycles. The molecule has 0 radical (unpaired) electrons. The first kappa shape index (κ1) is 25.0. The van der Waals surface area contributed by atoms with Crippen molar-refractivity contribution in [2.24, 2.45) is 0 Å². The molecular formula is C25H25ClN2O6. The summed E-state index contributed by atoms with van der Waals surface area (Å²) in [6, 6.07) is 14.2. The number of hydrogen-bond acceptors (Lipinski definition) is 5. The molecule has 0 aliphatic heterocycles. The van der Waals surface area contributed by atoms with Gasteiger partial charge in [0.2, 0.25) is 0 Å². The topological polar surface area (TPSA) is 111 Å². The third-order valence-corrected chi connectivity index (χ3v) is 5.34. The van der Waals surface area contributed by atoms with Gasteiger partial charge in [0, 0.05) is 30.3 Å². The van der Waals surface area contributed by atoms with Gasteiger partial charge in [-0.2, -0.15) is 5.10 Å². The zero-order valence-corrected chi connectivity index (χ0v) is 19.5. The van der Waals surface area contributed by atoms with E-state index in [1.165, 1.54) is 22.9 Å². The monoisotopic (exact) mass is 484 g/mol. The van der Waals surface area contributed by atoms with Gasteiger partial charge < -0.3 is 19.7 Å². The molecule has 0 amide bonds. The number of halogens is 1. The Labute approximate surface area is 201 Å². The van der Waals surface area contributed by atoms with E-state index in [2.05, 4.69) is 29.4 Å². The highest BCUT2D eigenvalue weighted by Gasteiger charge is 2.41. The number of ether oxygens (including phenoxy) is 2. The number of rotatable bonds is 7. The van der Waals surface area contributed by atoms with Crippen molar-refractivity contribution in [2.45, 2.75) is 18.9 Å². The average molecular weight is 485 g/mol. The maximum absolute atomic E-state index is 11.3. The summed E-state index contributed by atoms with van der Waals surface area (Å²) in [5.74, 6) is -1.33. The van der Waals surface area contributed by atoms with Crippen LogP contribution in [0, 0.1) is 0 Å². The van der Waals surface area contributed by atoms with Gasteiger partial charge in [-0.25, -0.2) is 14.3 Å². The predicted octanol–water partition coefficient (Wildman–Crippen LogP) is 4.46. The molecule has 0 bridgehead atoms. The fraction of sp³-hybridized carbons (Fsp3) is 0.240. The number of fused-ring (bicyclic) bond motifs is 1. The van der Waals surface area contributed by atoms with Crippen LogP contribution in [0.1, 0.15) is 13.3 Å². The zero-order chi connectivity index (χ0) is 24.7.